The number of rotatable bonds is 21. The van der Waals surface area contributed by atoms with Gasteiger partial charge in [0.05, 0.1) is 54.9 Å². The zero-order valence-corrected chi connectivity index (χ0v) is 74.4. The van der Waals surface area contributed by atoms with E-state index in [1.54, 1.807) is 25.9 Å². The predicted octanol–water partition coefficient (Wildman–Crippen LogP) is 21.4. The minimum Gasteiger partial charge on any atom is -0.481 e. The Bertz CT molecular complexity index is 5010. The van der Waals surface area contributed by atoms with E-state index in [-0.39, 0.29) is 134 Å². The number of ether oxygens (including phenoxy) is 5. The summed E-state index contributed by atoms with van der Waals surface area (Å²) in [5.41, 5.74) is 14.9. The monoisotopic (exact) mass is 1830 g/mol. The van der Waals surface area contributed by atoms with Crippen LogP contribution in [0.4, 0.5) is 11.4 Å². The Morgan fingerprint density at radius 3 is 1.12 bits per heavy atom. The first-order chi connectivity index (χ1) is 60.1. The summed E-state index contributed by atoms with van der Waals surface area (Å²) >= 11 is 8.04. The van der Waals surface area contributed by atoms with Crippen molar-refractivity contribution < 1.29 is 67.1 Å². The molecule has 0 saturated heterocycles. The molecule has 5 saturated carbocycles. The maximum atomic E-state index is 12.7. The third-order valence-electron chi connectivity index (χ3n) is 23.6. The Labute approximate surface area is 783 Å². The normalized spacial score (nSPS) is 19.3. The summed E-state index contributed by atoms with van der Waals surface area (Å²) in [6.45, 7) is 7.25. The van der Waals surface area contributed by atoms with Gasteiger partial charge in [0.15, 0.2) is 0 Å². The molecule has 7 aliphatic rings. The van der Waals surface area contributed by atoms with Crippen LogP contribution in [-0.4, -0.2) is 112 Å². The van der Waals surface area contributed by atoms with Crippen molar-refractivity contribution in [3.63, 3.8) is 0 Å². The maximum absolute atomic E-state index is 12.7. The van der Waals surface area contributed by atoms with Crippen LogP contribution in [0, 0.1) is 47.3 Å². The summed E-state index contributed by atoms with van der Waals surface area (Å²) in [4.78, 5) is 94.6. The van der Waals surface area contributed by atoms with Crippen LogP contribution in [0.25, 0.3) is 6.08 Å². The molecule has 0 bridgehead atoms. The summed E-state index contributed by atoms with van der Waals surface area (Å²) in [6, 6.07) is 97.4. The number of carboxylic acids is 1. The van der Waals surface area contributed by atoms with Crippen LogP contribution in [0.3, 0.4) is 0 Å². The molecule has 2 aliphatic heterocycles. The number of halogens is 2. The van der Waals surface area contributed by atoms with Crippen molar-refractivity contribution in [3.8, 4) is 11.5 Å². The molecule has 4 N–H and O–H groups in total. The average molecular weight is 1830 g/mol. The first kappa shape index (κ1) is 109. The van der Waals surface area contributed by atoms with Crippen molar-refractivity contribution in [2.75, 3.05) is 56.9 Å². The SMILES string of the molecule is C.C.C.C.C.CCOC(=O)C1CC(=Cc2ccccc2)C1.CCOC(=O)C1CC(=O)C1.CCOC(=O)C1CC(Cc2ccccc2)C1.CN1C(=O)[C@@H](N)COc2ccccc21.CN1C(=O)[C@@H](NC(=O)C2CC(Cc3ccccc3)C2)COc2ccccc21.Cl.ClP(Cc1ccccc1)(c1ccccc1)(c1ccccc1)c1ccccc1.O=C(O)C1CC(Cc2ccccc2)C1. The number of carbonyl (C=O) groups is 8. The molecule has 2 atom stereocenters. The fraction of sp³-hybridized carbons (Fsp3) is 0.358. The third-order valence-corrected chi connectivity index (χ3v) is 30.8. The number of allylic oxidation sites excluding steroid dienone is 1. The molecule has 17 rings (SSSR count). The van der Waals surface area contributed by atoms with Crippen LogP contribution in [0.15, 0.2) is 297 Å². The second-order valence-electron chi connectivity index (χ2n) is 32.6. The quantitative estimate of drug-likeness (QED) is 0.0344. The number of fused-ring (bicyclic) bond motifs is 2. The van der Waals surface area contributed by atoms with Crippen molar-refractivity contribution in [2.24, 2.45) is 53.1 Å². The van der Waals surface area contributed by atoms with Crippen molar-refractivity contribution in [1.29, 1.82) is 0 Å². The van der Waals surface area contributed by atoms with Gasteiger partial charge < -0.3 is 49.6 Å². The van der Waals surface area contributed by atoms with Crippen LogP contribution in [0.2, 0.25) is 0 Å². The molecule has 0 radical (unpaired) electrons. The van der Waals surface area contributed by atoms with E-state index in [0.29, 0.717) is 61.9 Å². The molecular formula is C109H137Cl2N4O14P. The van der Waals surface area contributed by atoms with Gasteiger partial charge in [-0.25, -0.2) is 0 Å². The van der Waals surface area contributed by atoms with Crippen LogP contribution in [0.1, 0.15) is 150 Å². The van der Waals surface area contributed by atoms with E-state index >= 15 is 0 Å². The van der Waals surface area contributed by atoms with E-state index in [1.807, 2.05) is 123 Å². The number of esters is 3. The Morgan fingerprint density at radius 1 is 0.423 bits per heavy atom. The first-order valence-corrected chi connectivity index (χ1v) is 46.5. The molecule has 0 unspecified atom stereocenters. The zero-order chi connectivity index (χ0) is 87.8. The number of aliphatic carboxylic acids is 1. The molecule has 18 nitrogen and oxygen atoms in total. The van der Waals surface area contributed by atoms with Gasteiger partial charge in [0, 0.05) is 32.9 Å². The molecule has 10 aromatic carbocycles. The number of carbonyl (C=O) groups excluding carboxylic acids is 7. The fourth-order valence-corrected chi connectivity index (χ4v) is 22.6. The second-order valence-corrected chi connectivity index (χ2v) is 39.1. The van der Waals surface area contributed by atoms with Gasteiger partial charge in [0.2, 0.25) is 11.8 Å². The number of ketones is 1. The van der Waals surface area contributed by atoms with Crippen LogP contribution >= 0.6 is 29.6 Å². The fourth-order valence-electron chi connectivity index (χ4n) is 16.4. The Kier molecular flexibility index (Phi) is 45.4. The topological polar surface area (TPSA) is 247 Å². The van der Waals surface area contributed by atoms with Crippen LogP contribution in [0.5, 0.6) is 11.5 Å². The number of anilines is 2. The van der Waals surface area contributed by atoms with E-state index in [4.69, 9.17) is 45.8 Å². The summed E-state index contributed by atoms with van der Waals surface area (Å²) in [5, 5.41) is 15.2. The minimum atomic E-state index is -3.21. The first-order valence-electron chi connectivity index (χ1n) is 43.2. The maximum Gasteiger partial charge on any atom is 0.306 e. The molecule has 5 fully saturated rings. The number of nitrogens with one attached hydrogen (secondary N) is 1. The average Bonchev–Trinajstić information content (AvgIpc) is 1.70. The van der Waals surface area contributed by atoms with E-state index in [9.17, 15) is 38.4 Å². The Balaban J connectivity index is 0.000000273. The predicted molar refractivity (Wildman–Crippen MR) is 534 cm³/mol. The number of amides is 3. The standard InChI is InChI=1S/C25H22ClP.C22H24N2O3.C14H18O2.C14H16O2.C12H14O2.C10H12N2O2.C7H10O3.5CH4.ClH/c26-27(23-15-7-2-8-16-23,24-17-9-3-10-18-24,25-19-11-4-12-20-25)21-22-13-5-1-6-14-22;1-24-19-9-5-6-10-20(19)27-14-18(22(24)26)23-21(25)17-12-16(13-17)11-15-7-3-2-4-8-15;2*1-2-16-14(15)13-9-12(10-13)8-11-6-4-3-5-7-11;13-12(14)11-7-10(8-11)6-9-4-2-1-3-5-9;1-12-8-4-2-3-5-9(8)14-6-7(11)10(12)13;1-2-10-7(9)5-3-6(8)4-5;;;;;;/h1-20H,21H2;2-10,16-18H,11-14H2,1H3,(H,23,25);3-7,12-13H,2,8-10H2,1H3;3-8,13H,2,9-10H2,1H3;1-5,10-11H,6-8H2,(H,13,14);2-5,7H,6,11H2,1H3;5H,2-4H2,1H3;5*1H4;1H/t;16?,17?,18-;;;;7-;;;;;;;/m.0...0......./s1. The minimum absolute atomic E-state index is 0. The summed E-state index contributed by atoms with van der Waals surface area (Å²) in [5.74, 6) is -1.07. The molecule has 0 spiro atoms. The summed E-state index contributed by atoms with van der Waals surface area (Å²) < 4.78 is 25.9. The molecule has 2 heterocycles. The molecular weight excluding hydrogens is 1690 g/mol. The van der Waals surface area contributed by atoms with E-state index in [2.05, 4.69) is 193 Å². The molecule has 21 heteroatoms. The van der Waals surface area contributed by atoms with Gasteiger partial charge in [0.1, 0.15) is 42.6 Å². The van der Waals surface area contributed by atoms with Gasteiger partial charge in [-0.2, -0.15) is 0 Å². The molecule has 3 amide bonds. The van der Waals surface area contributed by atoms with E-state index in [0.717, 1.165) is 88.2 Å². The Morgan fingerprint density at radius 2 is 0.738 bits per heavy atom. The van der Waals surface area contributed by atoms with E-state index < -0.39 is 24.0 Å². The molecule has 10 aromatic rings. The van der Waals surface area contributed by atoms with Crippen molar-refractivity contribution in [1.82, 2.24) is 5.32 Å². The smallest absolute Gasteiger partial charge is 0.306 e. The molecule has 130 heavy (non-hydrogen) atoms. The number of nitrogens with zero attached hydrogens (tertiary/aromatic N) is 2. The molecule has 5 aliphatic carbocycles. The van der Waals surface area contributed by atoms with Gasteiger partial charge in [-0.1, -0.05) is 194 Å². The number of hydrogen-bond donors (Lipinski definition) is 3. The van der Waals surface area contributed by atoms with Crippen LogP contribution < -0.4 is 46.2 Å². The van der Waals surface area contributed by atoms with Crippen molar-refractivity contribution >= 4 is 110 Å². The van der Waals surface area contributed by atoms with Gasteiger partial charge in [-0.05, 0) is 156 Å². The number of benzene rings is 10. The number of likely N-dealkylation sites (N-methyl/N-ethyl adjacent to an activating group) is 2. The number of para-hydroxylation sites is 4. The number of carboxylic acid groups (broad SMARTS) is 1. The van der Waals surface area contributed by atoms with Gasteiger partial charge in [-0.3, -0.25) is 38.4 Å². The summed E-state index contributed by atoms with van der Waals surface area (Å²) in [7, 11) is 3.42. The number of nitrogens with two attached hydrogens (primary N) is 1. The molecule has 696 valence electrons. The number of Topliss-reactive ketones (excluding diaryl/α,β-unsaturated/α-hetero) is 1. The van der Waals surface area contributed by atoms with Crippen molar-refractivity contribution in [2.45, 2.75) is 160 Å². The molecule has 0 aromatic heterocycles. The second kappa shape index (κ2) is 54.2. The van der Waals surface area contributed by atoms with Gasteiger partial charge in [-0.15, -0.1) is 12.4 Å². The zero-order valence-electron chi connectivity index (χ0n) is 72.0. The van der Waals surface area contributed by atoms with Crippen molar-refractivity contribution in [3.05, 3.63) is 325 Å². The summed E-state index contributed by atoms with van der Waals surface area (Å²) in [6.07, 6.45) is 14.0. The largest absolute Gasteiger partial charge is 0.481 e. The van der Waals surface area contributed by atoms with Gasteiger partial charge in [0.25, 0.3) is 5.91 Å². The number of hydrogen-bond acceptors (Lipinski definition) is 14. The Hall–Kier alpha value is -11.5. The van der Waals surface area contributed by atoms with Crippen LogP contribution in [-0.2, 0) is 78.0 Å². The third kappa shape index (κ3) is 30.0. The van der Waals surface area contributed by atoms with Gasteiger partial charge >= 0.3 is 190 Å². The van der Waals surface area contributed by atoms with E-state index in [1.165, 1.54) is 54.2 Å².